The number of carbonyl (C=O) groups excluding carboxylic acids is 1. The summed E-state index contributed by atoms with van der Waals surface area (Å²) in [5.74, 6) is 1.92. The van der Waals surface area contributed by atoms with Crippen LogP contribution < -0.4 is 15.8 Å². The maximum atomic E-state index is 11.2. The number of carbonyl (C=O) groups is 1. The number of ether oxygens (including phenoxy) is 1. The van der Waals surface area contributed by atoms with Crippen LogP contribution in [0.25, 0.3) is 0 Å². The highest BCUT2D eigenvalue weighted by Gasteiger charge is 2.23. The number of primary amides is 1. The molecule has 1 saturated heterocycles. The summed E-state index contributed by atoms with van der Waals surface area (Å²) >= 11 is 0. The molecule has 1 atom stereocenters. The molecule has 146 valence electrons. The van der Waals surface area contributed by atoms with E-state index in [0.717, 1.165) is 50.6 Å². The summed E-state index contributed by atoms with van der Waals surface area (Å²) in [5, 5.41) is 3.43. The van der Waals surface area contributed by atoms with Crippen LogP contribution in [0.5, 0.6) is 5.75 Å². The number of guanidine groups is 1. The zero-order valence-corrected chi connectivity index (χ0v) is 18.1. The quantitative estimate of drug-likeness (QED) is 0.362. The molecule has 1 aromatic rings. The number of piperidine rings is 1. The molecule has 2 rings (SSSR count). The summed E-state index contributed by atoms with van der Waals surface area (Å²) in [7, 11) is 1.80. The summed E-state index contributed by atoms with van der Waals surface area (Å²) in [6.07, 6.45) is 3.48. The van der Waals surface area contributed by atoms with Gasteiger partial charge in [0.2, 0.25) is 5.91 Å². The number of aliphatic imine (C=N–C) groups is 1. The molecule has 0 saturated carbocycles. The van der Waals surface area contributed by atoms with E-state index in [9.17, 15) is 4.79 Å². The average molecular weight is 474 g/mol. The molecule has 1 fully saturated rings. The van der Waals surface area contributed by atoms with Crippen LogP contribution >= 0.6 is 24.0 Å². The van der Waals surface area contributed by atoms with Gasteiger partial charge in [0, 0.05) is 33.1 Å². The Kier molecular flexibility index (Phi) is 10.4. The summed E-state index contributed by atoms with van der Waals surface area (Å²) < 4.78 is 5.54. The van der Waals surface area contributed by atoms with E-state index in [1.165, 1.54) is 5.56 Å². The third kappa shape index (κ3) is 7.39. The third-order valence-electron chi connectivity index (χ3n) is 4.43. The first-order valence-corrected chi connectivity index (χ1v) is 9.08. The molecule has 3 N–H and O–H groups in total. The number of likely N-dealkylation sites (tertiary alicyclic amines) is 1. The highest BCUT2D eigenvalue weighted by Crippen LogP contribution is 2.19. The van der Waals surface area contributed by atoms with Gasteiger partial charge in [0.1, 0.15) is 5.75 Å². The third-order valence-corrected chi connectivity index (χ3v) is 4.43. The standard InChI is InChI=1S/C19H30N4O2.HI/c1-3-25-17-8-4-6-15(12-17)9-10-22-19(21-2)23-11-5-7-16(14-23)13-18(20)24;/h4,6,8,12,16H,3,5,7,9-11,13-14H2,1-2H3,(H2,20,24)(H,21,22);1H. The van der Waals surface area contributed by atoms with E-state index >= 15 is 0 Å². The van der Waals surface area contributed by atoms with Crippen LogP contribution in [0.3, 0.4) is 0 Å². The first kappa shape index (κ1) is 22.5. The van der Waals surface area contributed by atoms with E-state index in [1.807, 2.05) is 19.1 Å². The zero-order chi connectivity index (χ0) is 18.1. The molecule has 1 aromatic carbocycles. The number of amides is 1. The fourth-order valence-electron chi connectivity index (χ4n) is 3.32. The van der Waals surface area contributed by atoms with Gasteiger partial charge in [0.05, 0.1) is 6.61 Å². The number of hydrogen-bond donors (Lipinski definition) is 2. The van der Waals surface area contributed by atoms with Crippen molar-refractivity contribution in [2.45, 2.75) is 32.6 Å². The second-order valence-electron chi connectivity index (χ2n) is 6.43. The van der Waals surface area contributed by atoms with E-state index in [0.29, 0.717) is 18.9 Å². The molecule has 6 nitrogen and oxygen atoms in total. The molecule has 0 bridgehead atoms. The molecule has 0 aliphatic carbocycles. The summed E-state index contributed by atoms with van der Waals surface area (Å²) in [6, 6.07) is 8.19. The Bertz CT molecular complexity index is 595. The summed E-state index contributed by atoms with van der Waals surface area (Å²) in [6.45, 7) is 5.27. The average Bonchev–Trinajstić information content (AvgIpc) is 2.59. The summed E-state index contributed by atoms with van der Waals surface area (Å²) in [5.41, 5.74) is 6.58. The SMILES string of the molecule is CCOc1cccc(CCNC(=NC)N2CCCC(CC(N)=O)C2)c1.I. The number of nitrogens with one attached hydrogen (secondary N) is 1. The fraction of sp³-hybridized carbons (Fsp3) is 0.579. The minimum Gasteiger partial charge on any atom is -0.494 e. The van der Waals surface area contributed by atoms with Crippen molar-refractivity contribution < 1.29 is 9.53 Å². The maximum absolute atomic E-state index is 11.2. The Morgan fingerprint density at radius 3 is 2.96 bits per heavy atom. The van der Waals surface area contributed by atoms with Gasteiger partial charge in [-0.2, -0.15) is 0 Å². The molecule has 1 unspecified atom stereocenters. The normalized spacial score (nSPS) is 17.4. The van der Waals surface area contributed by atoms with Crippen molar-refractivity contribution in [1.29, 1.82) is 0 Å². The molecule has 1 heterocycles. The Morgan fingerprint density at radius 1 is 1.46 bits per heavy atom. The van der Waals surface area contributed by atoms with Gasteiger partial charge in [-0.05, 0) is 49.8 Å². The Labute approximate surface area is 173 Å². The van der Waals surface area contributed by atoms with Crippen LogP contribution in [-0.4, -0.2) is 50.1 Å². The molecule has 1 aliphatic rings. The van der Waals surface area contributed by atoms with E-state index < -0.39 is 0 Å². The molecule has 1 amide bonds. The lowest BCUT2D eigenvalue weighted by Crippen LogP contribution is -2.47. The first-order chi connectivity index (χ1) is 12.1. The van der Waals surface area contributed by atoms with Gasteiger partial charge in [-0.3, -0.25) is 9.79 Å². The van der Waals surface area contributed by atoms with Crippen molar-refractivity contribution in [3.05, 3.63) is 29.8 Å². The number of hydrogen-bond acceptors (Lipinski definition) is 3. The molecule has 0 aromatic heterocycles. The van der Waals surface area contributed by atoms with Gasteiger partial charge in [-0.25, -0.2) is 0 Å². The van der Waals surface area contributed by atoms with Crippen LogP contribution in [0.2, 0.25) is 0 Å². The highest BCUT2D eigenvalue weighted by molar-refractivity contribution is 14.0. The highest BCUT2D eigenvalue weighted by atomic mass is 127. The fourth-order valence-corrected chi connectivity index (χ4v) is 3.32. The number of nitrogens with two attached hydrogens (primary N) is 1. The van der Waals surface area contributed by atoms with E-state index in [2.05, 4.69) is 27.3 Å². The number of halogens is 1. The van der Waals surface area contributed by atoms with Crippen molar-refractivity contribution in [2.75, 3.05) is 33.3 Å². The van der Waals surface area contributed by atoms with Gasteiger partial charge in [-0.15, -0.1) is 24.0 Å². The summed E-state index contributed by atoms with van der Waals surface area (Å²) in [4.78, 5) is 17.8. The topological polar surface area (TPSA) is 79.9 Å². The van der Waals surface area contributed by atoms with Crippen molar-refractivity contribution in [2.24, 2.45) is 16.6 Å². The molecule has 26 heavy (non-hydrogen) atoms. The van der Waals surface area contributed by atoms with Gasteiger partial charge in [0.25, 0.3) is 0 Å². The van der Waals surface area contributed by atoms with Crippen LogP contribution in [0, 0.1) is 5.92 Å². The second kappa shape index (κ2) is 12.0. The largest absolute Gasteiger partial charge is 0.494 e. The smallest absolute Gasteiger partial charge is 0.217 e. The second-order valence-corrected chi connectivity index (χ2v) is 6.43. The van der Waals surface area contributed by atoms with Crippen LogP contribution in [0.1, 0.15) is 31.7 Å². The van der Waals surface area contributed by atoms with E-state index in [4.69, 9.17) is 10.5 Å². The molecule has 7 heteroatoms. The molecule has 0 radical (unpaired) electrons. The molecule has 0 spiro atoms. The van der Waals surface area contributed by atoms with E-state index in [-0.39, 0.29) is 29.9 Å². The molecular weight excluding hydrogens is 443 g/mol. The number of rotatable bonds is 7. The minimum atomic E-state index is -0.219. The van der Waals surface area contributed by atoms with Crippen molar-refractivity contribution in [3.8, 4) is 5.75 Å². The van der Waals surface area contributed by atoms with Gasteiger partial charge < -0.3 is 20.7 Å². The molecular formula is C19H31IN4O2. The van der Waals surface area contributed by atoms with Crippen LogP contribution in [-0.2, 0) is 11.2 Å². The number of benzene rings is 1. The van der Waals surface area contributed by atoms with E-state index in [1.54, 1.807) is 7.05 Å². The lowest BCUT2D eigenvalue weighted by atomic mass is 9.95. The lowest BCUT2D eigenvalue weighted by molar-refractivity contribution is -0.119. The zero-order valence-electron chi connectivity index (χ0n) is 15.7. The minimum absolute atomic E-state index is 0. The lowest BCUT2D eigenvalue weighted by Gasteiger charge is -2.34. The van der Waals surface area contributed by atoms with Crippen LogP contribution in [0.15, 0.2) is 29.3 Å². The van der Waals surface area contributed by atoms with Gasteiger partial charge in [0.15, 0.2) is 5.96 Å². The predicted octanol–water partition coefficient (Wildman–Crippen LogP) is 2.41. The Balaban J connectivity index is 0.00000338. The van der Waals surface area contributed by atoms with Crippen molar-refractivity contribution in [1.82, 2.24) is 10.2 Å². The van der Waals surface area contributed by atoms with Gasteiger partial charge >= 0.3 is 0 Å². The Hall–Kier alpha value is -1.51. The number of nitrogens with zero attached hydrogens (tertiary/aromatic N) is 2. The Morgan fingerprint density at radius 2 is 2.27 bits per heavy atom. The monoisotopic (exact) mass is 474 g/mol. The van der Waals surface area contributed by atoms with Crippen LogP contribution in [0.4, 0.5) is 0 Å². The van der Waals surface area contributed by atoms with Crippen molar-refractivity contribution in [3.63, 3.8) is 0 Å². The maximum Gasteiger partial charge on any atom is 0.217 e. The first-order valence-electron chi connectivity index (χ1n) is 9.08. The van der Waals surface area contributed by atoms with Gasteiger partial charge in [-0.1, -0.05) is 12.1 Å². The predicted molar refractivity (Wildman–Crippen MR) is 116 cm³/mol. The molecule has 1 aliphatic heterocycles. The van der Waals surface area contributed by atoms with Crippen molar-refractivity contribution >= 4 is 35.8 Å².